The molecular formula is C16H21N3O3S. The van der Waals surface area contributed by atoms with Crippen LogP contribution in [0.25, 0.3) is 11.7 Å². The predicted octanol–water partition coefficient (Wildman–Crippen LogP) is 3.46. The van der Waals surface area contributed by atoms with E-state index >= 15 is 0 Å². The van der Waals surface area contributed by atoms with E-state index < -0.39 is 0 Å². The van der Waals surface area contributed by atoms with E-state index in [0.717, 1.165) is 18.8 Å². The predicted molar refractivity (Wildman–Crippen MR) is 86.9 cm³/mol. The fourth-order valence-corrected chi connectivity index (χ4v) is 3.51. The lowest BCUT2D eigenvalue weighted by Crippen LogP contribution is -2.40. The smallest absolute Gasteiger partial charge is 0.284 e. The molecule has 1 aliphatic rings. The molecule has 2 heterocycles. The van der Waals surface area contributed by atoms with Gasteiger partial charge in [-0.05, 0) is 43.7 Å². The minimum Gasteiger partial charge on any atom is -0.459 e. The second-order valence-corrected chi connectivity index (χ2v) is 6.98. The Hall–Kier alpha value is -1.76. The largest absolute Gasteiger partial charge is 0.459 e. The highest BCUT2D eigenvalue weighted by atomic mass is 32.2. The zero-order valence-electron chi connectivity index (χ0n) is 13.4. The zero-order chi connectivity index (χ0) is 16.2. The van der Waals surface area contributed by atoms with Gasteiger partial charge in [0.05, 0.1) is 12.0 Å². The van der Waals surface area contributed by atoms with Crippen molar-refractivity contribution in [3.63, 3.8) is 0 Å². The minimum absolute atomic E-state index is 0.104. The molecule has 7 heteroatoms. The first kappa shape index (κ1) is 16.1. The fraction of sp³-hybridized carbons (Fsp3) is 0.562. The summed E-state index contributed by atoms with van der Waals surface area (Å²) in [5.74, 6) is 2.06. The van der Waals surface area contributed by atoms with Gasteiger partial charge in [0.15, 0.2) is 5.76 Å². The lowest BCUT2D eigenvalue weighted by molar-refractivity contribution is -0.129. The maximum absolute atomic E-state index is 12.3. The third-order valence-corrected chi connectivity index (χ3v) is 5.19. The van der Waals surface area contributed by atoms with Gasteiger partial charge in [-0.2, -0.15) is 0 Å². The monoisotopic (exact) mass is 335 g/mol. The number of nitrogens with zero attached hydrogens (tertiary/aromatic N) is 3. The van der Waals surface area contributed by atoms with Gasteiger partial charge in [-0.15, -0.1) is 10.2 Å². The van der Waals surface area contributed by atoms with Gasteiger partial charge in [0.2, 0.25) is 5.91 Å². The van der Waals surface area contributed by atoms with E-state index in [1.165, 1.54) is 24.6 Å². The molecule has 0 aliphatic heterocycles. The van der Waals surface area contributed by atoms with Gasteiger partial charge in [-0.25, -0.2) is 0 Å². The maximum Gasteiger partial charge on any atom is 0.284 e. The standard InChI is InChI=1S/C16H21N3O3S/c1-11-5-7-12(8-6-11)19(2)14(20)10-23-16-18-17-15(22-16)13-4-3-9-21-13/h3-4,9,11-12H,5-8,10H2,1-2H3. The van der Waals surface area contributed by atoms with Crippen molar-refractivity contribution in [3.05, 3.63) is 18.4 Å². The van der Waals surface area contributed by atoms with E-state index in [1.54, 1.807) is 18.4 Å². The highest BCUT2D eigenvalue weighted by molar-refractivity contribution is 7.99. The molecule has 0 unspecified atom stereocenters. The summed E-state index contributed by atoms with van der Waals surface area (Å²) in [5, 5.41) is 8.25. The van der Waals surface area contributed by atoms with Crippen LogP contribution in [-0.2, 0) is 4.79 Å². The van der Waals surface area contributed by atoms with E-state index in [2.05, 4.69) is 17.1 Å². The highest BCUT2D eigenvalue weighted by Gasteiger charge is 2.25. The van der Waals surface area contributed by atoms with Crippen molar-refractivity contribution >= 4 is 17.7 Å². The van der Waals surface area contributed by atoms with Gasteiger partial charge in [-0.1, -0.05) is 18.7 Å². The van der Waals surface area contributed by atoms with E-state index in [9.17, 15) is 4.79 Å². The van der Waals surface area contributed by atoms with Crippen molar-refractivity contribution in [1.29, 1.82) is 0 Å². The number of amides is 1. The van der Waals surface area contributed by atoms with E-state index in [1.807, 2.05) is 11.9 Å². The van der Waals surface area contributed by atoms with E-state index in [-0.39, 0.29) is 5.91 Å². The molecule has 0 bridgehead atoms. The SMILES string of the molecule is CC1CCC(N(C)C(=O)CSc2nnc(-c3ccco3)o2)CC1. The second kappa shape index (κ2) is 7.21. The first-order valence-corrected chi connectivity index (χ1v) is 8.88. The molecule has 1 fully saturated rings. The molecule has 0 radical (unpaired) electrons. The molecule has 124 valence electrons. The van der Waals surface area contributed by atoms with Crippen molar-refractivity contribution in [2.45, 2.75) is 43.9 Å². The summed E-state index contributed by atoms with van der Waals surface area (Å²) >= 11 is 1.27. The van der Waals surface area contributed by atoms with Crippen LogP contribution in [0.5, 0.6) is 0 Å². The summed E-state index contributed by atoms with van der Waals surface area (Å²) < 4.78 is 10.7. The third-order valence-electron chi connectivity index (χ3n) is 4.38. The van der Waals surface area contributed by atoms with E-state index in [0.29, 0.717) is 28.7 Å². The maximum atomic E-state index is 12.3. The Morgan fingerprint density at radius 2 is 2.13 bits per heavy atom. The molecule has 1 amide bonds. The lowest BCUT2D eigenvalue weighted by Gasteiger charge is -2.33. The summed E-state index contributed by atoms with van der Waals surface area (Å²) in [6.07, 6.45) is 6.14. The lowest BCUT2D eigenvalue weighted by atomic mass is 9.87. The van der Waals surface area contributed by atoms with Crippen LogP contribution in [-0.4, -0.2) is 39.8 Å². The molecule has 0 spiro atoms. The van der Waals surface area contributed by atoms with Gasteiger partial charge in [0, 0.05) is 13.1 Å². The number of carbonyl (C=O) groups is 1. The van der Waals surface area contributed by atoms with Crippen molar-refractivity contribution in [2.75, 3.05) is 12.8 Å². The Bertz CT molecular complexity index is 633. The molecule has 2 aromatic heterocycles. The van der Waals surface area contributed by atoms with Crippen LogP contribution in [0.2, 0.25) is 0 Å². The molecule has 0 aromatic carbocycles. The molecule has 1 aliphatic carbocycles. The summed E-state index contributed by atoms with van der Waals surface area (Å²) in [4.78, 5) is 14.2. The summed E-state index contributed by atoms with van der Waals surface area (Å²) in [6, 6.07) is 3.88. The Balaban J connectivity index is 1.51. The molecule has 6 nitrogen and oxygen atoms in total. The van der Waals surface area contributed by atoms with Crippen LogP contribution >= 0.6 is 11.8 Å². The number of furan rings is 1. The highest BCUT2D eigenvalue weighted by Crippen LogP contribution is 2.28. The minimum atomic E-state index is 0.104. The summed E-state index contributed by atoms with van der Waals surface area (Å²) in [6.45, 7) is 2.28. The van der Waals surface area contributed by atoms with Gasteiger partial charge >= 0.3 is 0 Å². The Morgan fingerprint density at radius 1 is 1.35 bits per heavy atom. The molecule has 0 saturated heterocycles. The molecule has 0 atom stereocenters. The van der Waals surface area contributed by atoms with Crippen LogP contribution in [0.4, 0.5) is 0 Å². The molecule has 2 aromatic rings. The normalized spacial score (nSPS) is 21.3. The van der Waals surface area contributed by atoms with Crippen LogP contribution < -0.4 is 0 Å². The molecule has 1 saturated carbocycles. The number of hydrogen-bond acceptors (Lipinski definition) is 6. The van der Waals surface area contributed by atoms with Gasteiger partial charge < -0.3 is 13.7 Å². The Labute approximate surface area is 139 Å². The molecule has 0 N–H and O–H groups in total. The summed E-state index contributed by atoms with van der Waals surface area (Å²) in [7, 11) is 1.89. The fourth-order valence-electron chi connectivity index (χ4n) is 2.83. The number of hydrogen-bond donors (Lipinski definition) is 0. The molecule has 3 rings (SSSR count). The van der Waals surface area contributed by atoms with E-state index in [4.69, 9.17) is 8.83 Å². The van der Waals surface area contributed by atoms with Crippen LogP contribution in [0.1, 0.15) is 32.6 Å². The molecular weight excluding hydrogens is 314 g/mol. The summed E-state index contributed by atoms with van der Waals surface area (Å²) in [5.41, 5.74) is 0. The van der Waals surface area contributed by atoms with Crippen LogP contribution in [0, 0.1) is 5.92 Å². The Morgan fingerprint density at radius 3 is 2.83 bits per heavy atom. The zero-order valence-corrected chi connectivity index (χ0v) is 14.2. The number of aromatic nitrogens is 2. The first-order chi connectivity index (χ1) is 11.1. The van der Waals surface area contributed by atoms with Crippen molar-refractivity contribution < 1.29 is 13.6 Å². The number of carbonyl (C=O) groups excluding carboxylic acids is 1. The van der Waals surface area contributed by atoms with Crippen molar-refractivity contribution in [1.82, 2.24) is 15.1 Å². The van der Waals surface area contributed by atoms with Gasteiger partial charge in [0.25, 0.3) is 11.1 Å². The average molecular weight is 335 g/mol. The van der Waals surface area contributed by atoms with Gasteiger partial charge in [-0.3, -0.25) is 4.79 Å². The van der Waals surface area contributed by atoms with Crippen LogP contribution in [0.15, 0.2) is 32.5 Å². The quantitative estimate of drug-likeness (QED) is 0.779. The number of rotatable bonds is 5. The van der Waals surface area contributed by atoms with Crippen molar-refractivity contribution in [3.8, 4) is 11.7 Å². The number of thioether (sulfide) groups is 1. The topological polar surface area (TPSA) is 72.4 Å². The molecule has 23 heavy (non-hydrogen) atoms. The van der Waals surface area contributed by atoms with Crippen LogP contribution in [0.3, 0.4) is 0 Å². The Kier molecular flexibility index (Phi) is 5.05. The average Bonchev–Trinajstić information content (AvgIpc) is 3.23. The second-order valence-electron chi connectivity index (χ2n) is 6.06. The van der Waals surface area contributed by atoms with Crippen molar-refractivity contribution in [2.24, 2.45) is 5.92 Å². The van der Waals surface area contributed by atoms with Gasteiger partial charge in [0.1, 0.15) is 0 Å². The third kappa shape index (κ3) is 3.96. The first-order valence-electron chi connectivity index (χ1n) is 7.89.